The molecule has 0 unspecified atom stereocenters. The Kier molecular flexibility index (Phi) is 2.92. The van der Waals surface area contributed by atoms with E-state index in [2.05, 4.69) is 4.98 Å². The fourth-order valence-electron chi connectivity index (χ4n) is 0.578. The Morgan fingerprint density at radius 3 is 3.09 bits per heavy atom. The molecule has 0 radical (unpaired) electrons. The van der Waals surface area contributed by atoms with Gasteiger partial charge < -0.3 is 5.11 Å². The Labute approximate surface area is 68.5 Å². The molecule has 0 aliphatic carbocycles. The molecule has 3 nitrogen and oxygen atoms in total. The minimum Gasteiger partial charge on any atom is -0.481 e. The van der Waals surface area contributed by atoms with Crippen molar-refractivity contribution in [2.75, 3.05) is 5.75 Å². The quantitative estimate of drug-likeness (QED) is 0.692. The molecule has 0 spiro atoms. The summed E-state index contributed by atoms with van der Waals surface area (Å²) in [4.78, 5) is 14.9. The molecule has 0 aliphatic rings. The van der Waals surface area contributed by atoms with Gasteiger partial charge in [0.1, 0.15) is 0 Å². The molecule has 0 fully saturated rings. The molecular weight excluding hydrogens is 162 g/mol. The number of carboxylic acid groups (broad SMARTS) is 1. The largest absolute Gasteiger partial charge is 0.481 e. The highest BCUT2D eigenvalue weighted by Gasteiger charge is 1.97. The minimum absolute atomic E-state index is 0.0890. The number of carboxylic acids is 1. The van der Waals surface area contributed by atoms with Crippen molar-refractivity contribution >= 4 is 17.7 Å². The Morgan fingerprint density at radius 2 is 2.55 bits per heavy atom. The number of hydrogen-bond acceptors (Lipinski definition) is 3. The van der Waals surface area contributed by atoms with Crippen LogP contribution in [0.25, 0.3) is 0 Å². The third-order valence-corrected chi connectivity index (χ3v) is 1.96. The van der Waals surface area contributed by atoms with Crippen LogP contribution in [0.3, 0.4) is 0 Å². The Morgan fingerprint density at radius 1 is 1.73 bits per heavy atom. The molecule has 1 aromatic heterocycles. The van der Waals surface area contributed by atoms with Gasteiger partial charge >= 0.3 is 5.97 Å². The number of thioether (sulfide) groups is 1. The molecule has 0 amide bonds. The van der Waals surface area contributed by atoms with Crippen LogP contribution >= 0.6 is 11.8 Å². The van der Waals surface area contributed by atoms with Crippen LogP contribution in [0.5, 0.6) is 0 Å². The number of carbonyl (C=O) groups is 1. The van der Waals surface area contributed by atoms with Gasteiger partial charge in [-0.3, -0.25) is 9.78 Å². The average Bonchev–Trinajstić information content (AvgIpc) is 2.03. The number of nitrogens with zero attached hydrogens (tertiary/aromatic N) is 1. The van der Waals surface area contributed by atoms with Crippen LogP contribution in [0.2, 0.25) is 0 Å². The molecule has 0 saturated carbocycles. The second-order valence-electron chi connectivity index (χ2n) is 1.87. The van der Waals surface area contributed by atoms with Crippen LogP contribution < -0.4 is 0 Å². The standard InChI is InChI=1S/C7H7NO2S/c9-7(10)5-11-6-2-1-3-8-4-6/h1-4H,5H2,(H,9,10). The van der Waals surface area contributed by atoms with Gasteiger partial charge in [0.25, 0.3) is 0 Å². The van der Waals surface area contributed by atoms with Crippen molar-refractivity contribution in [2.24, 2.45) is 0 Å². The maximum atomic E-state index is 10.1. The van der Waals surface area contributed by atoms with Gasteiger partial charge in [-0.2, -0.15) is 0 Å². The maximum Gasteiger partial charge on any atom is 0.313 e. The first kappa shape index (κ1) is 8.07. The summed E-state index contributed by atoms with van der Waals surface area (Å²) in [5.74, 6) is -0.718. The normalized spacial score (nSPS) is 9.45. The molecular formula is C7H7NO2S. The smallest absolute Gasteiger partial charge is 0.313 e. The fraction of sp³-hybridized carbons (Fsp3) is 0.143. The molecule has 0 bridgehead atoms. The summed E-state index contributed by atoms with van der Waals surface area (Å²) in [7, 11) is 0. The van der Waals surface area contributed by atoms with Crippen molar-refractivity contribution in [3.8, 4) is 0 Å². The van der Waals surface area contributed by atoms with Crippen LogP contribution in [0.15, 0.2) is 29.4 Å². The van der Waals surface area contributed by atoms with Gasteiger partial charge in [0.2, 0.25) is 0 Å². The first-order valence-electron chi connectivity index (χ1n) is 3.03. The van der Waals surface area contributed by atoms with Gasteiger partial charge in [-0.1, -0.05) is 0 Å². The molecule has 1 heterocycles. The lowest BCUT2D eigenvalue weighted by atomic mass is 10.5. The Balaban J connectivity index is 2.45. The van der Waals surface area contributed by atoms with Crippen LogP contribution in [0.4, 0.5) is 0 Å². The fourth-order valence-corrected chi connectivity index (χ4v) is 1.18. The van der Waals surface area contributed by atoms with E-state index >= 15 is 0 Å². The van der Waals surface area contributed by atoms with Gasteiger partial charge in [-0.25, -0.2) is 0 Å². The zero-order valence-electron chi connectivity index (χ0n) is 5.73. The number of aromatic nitrogens is 1. The molecule has 1 rings (SSSR count). The van der Waals surface area contributed by atoms with Crippen molar-refractivity contribution in [2.45, 2.75) is 4.90 Å². The SMILES string of the molecule is O=C(O)CSc1cccnc1. The highest BCUT2D eigenvalue weighted by atomic mass is 32.2. The number of hydrogen-bond donors (Lipinski definition) is 1. The molecule has 1 N–H and O–H groups in total. The lowest BCUT2D eigenvalue weighted by Gasteiger charge is -1.94. The van der Waals surface area contributed by atoms with E-state index in [0.717, 1.165) is 4.90 Å². The first-order valence-corrected chi connectivity index (χ1v) is 4.02. The van der Waals surface area contributed by atoms with Crippen molar-refractivity contribution in [1.29, 1.82) is 0 Å². The van der Waals surface area contributed by atoms with E-state index in [1.54, 1.807) is 18.5 Å². The zero-order chi connectivity index (χ0) is 8.10. The second kappa shape index (κ2) is 3.98. The van der Waals surface area contributed by atoms with Crippen LogP contribution in [0.1, 0.15) is 0 Å². The average molecular weight is 169 g/mol. The number of aliphatic carboxylic acids is 1. The highest BCUT2D eigenvalue weighted by molar-refractivity contribution is 8.00. The highest BCUT2D eigenvalue weighted by Crippen LogP contribution is 2.14. The lowest BCUT2D eigenvalue weighted by molar-refractivity contribution is -0.133. The molecule has 0 aromatic carbocycles. The predicted molar refractivity (Wildman–Crippen MR) is 42.6 cm³/mol. The van der Waals surface area contributed by atoms with Crippen molar-refractivity contribution in [3.05, 3.63) is 24.5 Å². The topological polar surface area (TPSA) is 50.2 Å². The molecule has 4 heteroatoms. The zero-order valence-corrected chi connectivity index (χ0v) is 6.54. The van der Waals surface area contributed by atoms with E-state index in [1.807, 2.05) is 6.07 Å². The van der Waals surface area contributed by atoms with Gasteiger partial charge in [0, 0.05) is 17.3 Å². The maximum absolute atomic E-state index is 10.1. The molecule has 0 aliphatic heterocycles. The monoisotopic (exact) mass is 169 g/mol. The van der Waals surface area contributed by atoms with Crippen molar-refractivity contribution in [3.63, 3.8) is 0 Å². The Bertz CT molecular complexity index is 237. The first-order chi connectivity index (χ1) is 5.29. The van der Waals surface area contributed by atoms with E-state index in [9.17, 15) is 4.79 Å². The second-order valence-corrected chi connectivity index (χ2v) is 2.92. The molecule has 0 atom stereocenters. The summed E-state index contributed by atoms with van der Waals surface area (Å²) in [5.41, 5.74) is 0. The summed E-state index contributed by atoms with van der Waals surface area (Å²) < 4.78 is 0. The van der Waals surface area contributed by atoms with Crippen molar-refractivity contribution < 1.29 is 9.90 Å². The van der Waals surface area contributed by atoms with Gasteiger partial charge in [-0.05, 0) is 12.1 Å². The van der Waals surface area contributed by atoms with E-state index in [-0.39, 0.29) is 5.75 Å². The molecule has 0 saturated heterocycles. The van der Waals surface area contributed by atoms with Gasteiger partial charge in [-0.15, -0.1) is 11.8 Å². The Hall–Kier alpha value is -1.03. The molecule has 58 valence electrons. The van der Waals surface area contributed by atoms with E-state index in [1.165, 1.54) is 11.8 Å². The summed E-state index contributed by atoms with van der Waals surface area (Å²) in [6, 6.07) is 3.62. The van der Waals surface area contributed by atoms with E-state index in [4.69, 9.17) is 5.11 Å². The van der Waals surface area contributed by atoms with Gasteiger partial charge in [0.05, 0.1) is 5.75 Å². The third-order valence-electron chi connectivity index (χ3n) is 0.997. The van der Waals surface area contributed by atoms with E-state index < -0.39 is 5.97 Å². The summed E-state index contributed by atoms with van der Waals surface area (Å²) in [6.45, 7) is 0. The minimum atomic E-state index is -0.807. The number of rotatable bonds is 3. The summed E-state index contributed by atoms with van der Waals surface area (Å²) in [6.07, 6.45) is 3.30. The van der Waals surface area contributed by atoms with Crippen LogP contribution in [0, 0.1) is 0 Å². The lowest BCUT2D eigenvalue weighted by Crippen LogP contribution is -1.97. The van der Waals surface area contributed by atoms with Gasteiger partial charge in [0.15, 0.2) is 0 Å². The molecule has 1 aromatic rings. The predicted octanol–water partition coefficient (Wildman–Crippen LogP) is 1.26. The van der Waals surface area contributed by atoms with Crippen LogP contribution in [-0.4, -0.2) is 21.8 Å². The van der Waals surface area contributed by atoms with Crippen LogP contribution in [-0.2, 0) is 4.79 Å². The third kappa shape index (κ3) is 3.04. The summed E-state index contributed by atoms with van der Waals surface area (Å²) in [5, 5.41) is 8.33. The molecule has 11 heavy (non-hydrogen) atoms. The number of pyridine rings is 1. The van der Waals surface area contributed by atoms with E-state index in [0.29, 0.717) is 0 Å². The van der Waals surface area contributed by atoms with Crippen molar-refractivity contribution in [1.82, 2.24) is 4.98 Å². The summed E-state index contributed by atoms with van der Waals surface area (Å²) >= 11 is 1.27.